The van der Waals surface area contributed by atoms with Crippen LogP contribution < -0.4 is 0 Å². The number of unbranched alkanes of at least 4 members (excludes halogenated alkanes) is 1. The Balaban J connectivity index is 2.46. The zero-order valence-corrected chi connectivity index (χ0v) is 13.1. The largest absolute Gasteiger partial charge is 0.396 e. The summed E-state index contributed by atoms with van der Waals surface area (Å²) in [6.45, 7) is 4.23. The molecule has 0 saturated heterocycles. The van der Waals surface area contributed by atoms with Crippen LogP contribution in [-0.4, -0.2) is 25.9 Å². The minimum atomic E-state index is -3.19. The van der Waals surface area contributed by atoms with Crippen LogP contribution in [0.2, 0.25) is 0 Å². The third kappa shape index (κ3) is 2.51. The molecule has 0 aliphatic carbocycles. The molecule has 112 valence electrons. The molecular weight excluding hydrogens is 272 g/mol. The molecule has 0 bridgehead atoms. The molecule has 20 heavy (non-hydrogen) atoms. The summed E-state index contributed by atoms with van der Waals surface area (Å²) in [6.07, 6.45) is 3.76. The second-order valence-electron chi connectivity index (χ2n) is 5.85. The Labute approximate surface area is 121 Å². The maximum atomic E-state index is 12.3. The summed E-state index contributed by atoms with van der Waals surface area (Å²) in [5.74, 6) is 0.0648. The van der Waals surface area contributed by atoms with Crippen molar-refractivity contribution in [2.75, 3.05) is 12.4 Å². The molecule has 1 aromatic rings. The fraction of sp³-hybridized carbons (Fsp3) is 0.625. The number of hydrogen-bond acceptors (Lipinski definition) is 3. The molecule has 1 aliphatic heterocycles. The first-order valence-electron chi connectivity index (χ1n) is 7.43. The lowest BCUT2D eigenvalue weighted by molar-refractivity contribution is 0.0847. The summed E-state index contributed by atoms with van der Waals surface area (Å²) < 4.78 is 24.7. The summed E-state index contributed by atoms with van der Waals surface area (Å²) in [5.41, 5.74) is 0.592. The molecule has 2 unspecified atom stereocenters. The van der Waals surface area contributed by atoms with Crippen LogP contribution >= 0.6 is 0 Å². The second kappa shape index (κ2) is 5.86. The van der Waals surface area contributed by atoms with Crippen LogP contribution in [0, 0.1) is 5.41 Å². The molecule has 0 spiro atoms. The lowest BCUT2D eigenvalue weighted by atomic mass is 9.68. The predicted octanol–water partition coefficient (Wildman–Crippen LogP) is 3.14. The molecule has 1 aliphatic rings. The maximum Gasteiger partial charge on any atom is 0.179 e. The van der Waals surface area contributed by atoms with Gasteiger partial charge in [0.1, 0.15) is 0 Å². The zero-order chi connectivity index (χ0) is 14.8. The number of sulfone groups is 1. The van der Waals surface area contributed by atoms with Crippen LogP contribution in [0.15, 0.2) is 29.2 Å². The van der Waals surface area contributed by atoms with Gasteiger partial charge in [0.15, 0.2) is 9.84 Å². The van der Waals surface area contributed by atoms with Crippen molar-refractivity contribution in [3.05, 3.63) is 29.8 Å². The number of aliphatic hydroxyl groups is 1. The fourth-order valence-electron chi connectivity index (χ4n) is 3.38. The number of fused-ring (bicyclic) bond motifs is 1. The lowest BCUT2D eigenvalue weighted by Crippen LogP contribution is -2.33. The van der Waals surface area contributed by atoms with E-state index in [1.165, 1.54) is 0 Å². The first kappa shape index (κ1) is 15.5. The smallest absolute Gasteiger partial charge is 0.179 e. The number of rotatable bonds is 6. The zero-order valence-electron chi connectivity index (χ0n) is 12.3. The van der Waals surface area contributed by atoms with E-state index in [1.54, 1.807) is 12.1 Å². The Kier molecular flexibility index (Phi) is 4.55. The lowest BCUT2D eigenvalue weighted by Gasteiger charge is -2.37. The van der Waals surface area contributed by atoms with E-state index < -0.39 is 9.84 Å². The fourth-order valence-corrected chi connectivity index (χ4v) is 5.39. The van der Waals surface area contributed by atoms with Gasteiger partial charge in [0.25, 0.3) is 0 Å². The molecule has 1 heterocycles. The van der Waals surface area contributed by atoms with E-state index in [-0.39, 0.29) is 23.7 Å². The van der Waals surface area contributed by atoms with Crippen LogP contribution in [0.1, 0.15) is 51.0 Å². The van der Waals surface area contributed by atoms with E-state index in [9.17, 15) is 13.5 Å². The van der Waals surface area contributed by atoms with Gasteiger partial charge in [-0.05, 0) is 24.5 Å². The van der Waals surface area contributed by atoms with Gasteiger partial charge < -0.3 is 5.11 Å². The average Bonchev–Trinajstić information content (AvgIpc) is 2.74. The monoisotopic (exact) mass is 296 g/mol. The molecule has 1 aromatic carbocycles. The Morgan fingerprint density at radius 3 is 2.60 bits per heavy atom. The normalized spacial score (nSPS) is 23.2. The molecule has 0 fully saturated rings. The molecular formula is C16H24O3S. The predicted molar refractivity (Wildman–Crippen MR) is 80.6 cm³/mol. The van der Waals surface area contributed by atoms with E-state index in [0.717, 1.165) is 31.2 Å². The molecule has 2 atom stereocenters. The quantitative estimate of drug-likeness (QED) is 0.877. The van der Waals surface area contributed by atoms with Gasteiger partial charge in [-0.25, -0.2) is 8.42 Å². The molecule has 0 radical (unpaired) electrons. The Morgan fingerprint density at radius 2 is 2.00 bits per heavy atom. The van der Waals surface area contributed by atoms with Crippen molar-refractivity contribution >= 4 is 9.84 Å². The highest BCUT2D eigenvalue weighted by atomic mass is 32.2. The SMILES string of the molecule is CCCCC(CC)(CO)C1CS(=O)(=O)c2ccccc21. The summed E-state index contributed by atoms with van der Waals surface area (Å²) in [6, 6.07) is 7.28. The Morgan fingerprint density at radius 1 is 1.30 bits per heavy atom. The minimum Gasteiger partial charge on any atom is -0.396 e. The van der Waals surface area contributed by atoms with E-state index in [1.807, 2.05) is 12.1 Å². The molecule has 3 nitrogen and oxygen atoms in total. The molecule has 0 amide bonds. The van der Waals surface area contributed by atoms with Crippen molar-refractivity contribution in [2.24, 2.45) is 5.41 Å². The van der Waals surface area contributed by atoms with Crippen molar-refractivity contribution in [1.82, 2.24) is 0 Å². The van der Waals surface area contributed by atoms with Gasteiger partial charge in [0, 0.05) is 17.9 Å². The topological polar surface area (TPSA) is 54.4 Å². The van der Waals surface area contributed by atoms with Crippen LogP contribution in [0.4, 0.5) is 0 Å². The molecule has 0 aromatic heterocycles. The van der Waals surface area contributed by atoms with Gasteiger partial charge in [0.05, 0.1) is 10.6 Å². The Hall–Kier alpha value is -0.870. The molecule has 2 rings (SSSR count). The van der Waals surface area contributed by atoms with Gasteiger partial charge in [-0.15, -0.1) is 0 Å². The van der Waals surface area contributed by atoms with Crippen molar-refractivity contribution in [3.63, 3.8) is 0 Å². The molecule has 4 heteroatoms. The minimum absolute atomic E-state index is 0.0536. The van der Waals surface area contributed by atoms with Gasteiger partial charge in [-0.1, -0.05) is 44.9 Å². The van der Waals surface area contributed by atoms with Crippen LogP contribution in [0.3, 0.4) is 0 Å². The highest BCUT2D eigenvalue weighted by Gasteiger charge is 2.46. The van der Waals surface area contributed by atoms with E-state index in [0.29, 0.717) is 4.90 Å². The highest BCUT2D eigenvalue weighted by molar-refractivity contribution is 7.91. The van der Waals surface area contributed by atoms with E-state index in [4.69, 9.17) is 0 Å². The standard InChI is InChI=1S/C16H24O3S/c1-3-5-10-16(4-2,12-17)14-11-20(18,19)15-9-7-6-8-13(14)15/h6-9,14,17H,3-5,10-12H2,1-2H3. The number of hydrogen-bond donors (Lipinski definition) is 1. The first-order chi connectivity index (χ1) is 9.50. The number of benzene rings is 1. The van der Waals surface area contributed by atoms with Crippen LogP contribution in [0.5, 0.6) is 0 Å². The maximum absolute atomic E-state index is 12.3. The third-order valence-corrected chi connectivity index (χ3v) is 6.62. The summed E-state index contributed by atoms with van der Waals surface area (Å²) in [7, 11) is -3.19. The van der Waals surface area contributed by atoms with Crippen LogP contribution in [-0.2, 0) is 9.84 Å². The molecule has 1 N–H and O–H groups in total. The highest BCUT2D eigenvalue weighted by Crippen LogP contribution is 2.49. The first-order valence-corrected chi connectivity index (χ1v) is 9.08. The Bertz CT molecular complexity index is 559. The van der Waals surface area contributed by atoms with Crippen molar-refractivity contribution in [2.45, 2.75) is 50.3 Å². The van der Waals surface area contributed by atoms with Gasteiger partial charge in [0.2, 0.25) is 0 Å². The van der Waals surface area contributed by atoms with Crippen molar-refractivity contribution in [3.8, 4) is 0 Å². The summed E-state index contributed by atoms with van der Waals surface area (Å²) >= 11 is 0. The average molecular weight is 296 g/mol. The summed E-state index contributed by atoms with van der Waals surface area (Å²) in [4.78, 5) is 0.466. The third-order valence-electron chi connectivity index (χ3n) is 4.80. The van der Waals surface area contributed by atoms with E-state index in [2.05, 4.69) is 13.8 Å². The van der Waals surface area contributed by atoms with Crippen molar-refractivity contribution < 1.29 is 13.5 Å². The van der Waals surface area contributed by atoms with Crippen LogP contribution in [0.25, 0.3) is 0 Å². The van der Waals surface area contributed by atoms with E-state index >= 15 is 0 Å². The summed E-state index contributed by atoms with van der Waals surface area (Å²) in [5, 5.41) is 9.96. The van der Waals surface area contributed by atoms with Crippen molar-refractivity contribution in [1.29, 1.82) is 0 Å². The van der Waals surface area contributed by atoms with Gasteiger partial charge >= 0.3 is 0 Å². The van der Waals surface area contributed by atoms with Gasteiger partial charge in [-0.3, -0.25) is 0 Å². The molecule has 0 saturated carbocycles. The second-order valence-corrected chi connectivity index (χ2v) is 7.85. The van der Waals surface area contributed by atoms with Gasteiger partial charge in [-0.2, -0.15) is 0 Å². The number of aliphatic hydroxyl groups excluding tert-OH is 1.